The minimum atomic E-state index is 0.0738. The molecule has 0 fully saturated rings. The molecular formula is C14H20O2. The van der Waals surface area contributed by atoms with Crippen molar-refractivity contribution in [3.05, 3.63) is 42.5 Å². The molecule has 1 aromatic carbocycles. The molecule has 0 N–H and O–H groups in total. The van der Waals surface area contributed by atoms with Crippen molar-refractivity contribution >= 4 is 5.78 Å². The molecule has 0 aliphatic heterocycles. The molecule has 16 heavy (non-hydrogen) atoms. The minimum absolute atomic E-state index is 0.0738. The smallest absolute Gasteiger partial charge is 0.152 e. The van der Waals surface area contributed by atoms with Crippen molar-refractivity contribution in [1.29, 1.82) is 0 Å². The van der Waals surface area contributed by atoms with Gasteiger partial charge in [0, 0.05) is 0 Å². The highest BCUT2D eigenvalue weighted by Gasteiger charge is 1.89. The largest absolute Gasteiger partial charge is 0.493 e. The summed E-state index contributed by atoms with van der Waals surface area (Å²) in [6.45, 7) is 6.14. The lowest BCUT2D eigenvalue weighted by Crippen LogP contribution is -1.95. The Hall–Kier alpha value is -1.57. The average molecular weight is 220 g/mol. The summed E-state index contributed by atoms with van der Waals surface area (Å²) in [7, 11) is 0. The molecule has 0 unspecified atom stereocenters. The molecule has 1 rings (SSSR count). The zero-order valence-electron chi connectivity index (χ0n) is 10.3. The van der Waals surface area contributed by atoms with Crippen LogP contribution >= 0.6 is 0 Å². The van der Waals surface area contributed by atoms with E-state index in [0.717, 1.165) is 12.2 Å². The maximum atomic E-state index is 10.5. The zero-order chi connectivity index (χ0) is 12.2. The first-order valence-corrected chi connectivity index (χ1v) is 5.64. The van der Waals surface area contributed by atoms with Crippen LogP contribution in [-0.2, 0) is 4.79 Å². The summed E-state index contributed by atoms with van der Waals surface area (Å²) in [6, 6.07) is 9.63. The van der Waals surface area contributed by atoms with E-state index in [1.165, 1.54) is 6.92 Å². The zero-order valence-corrected chi connectivity index (χ0v) is 10.3. The molecule has 1 aromatic rings. The highest BCUT2D eigenvalue weighted by Crippen LogP contribution is 2.08. The Morgan fingerprint density at radius 3 is 2.44 bits per heavy atom. The fraction of sp³-hybridized carbons (Fsp3) is 0.357. The SMILES string of the molecule is CC.CC(=O)/C=C/CCOc1ccccc1. The minimum Gasteiger partial charge on any atom is -0.493 e. The second kappa shape index (κ2) is 9.97. The number of ketones is 1. The van der Waals surface area contributed by atoms with Crippen LogP contribution in [0.15, 0.2) is 42.5 Å². The van der Waals surface area contributed by atoms with Crippen LogP contribution in [0.25, 0.3) is 0 Å². The van der Waals surface area contributed by atoms with Gasteiger partial charge in [-0.3, -0.25) is 4.79 Å². The van der Waals surface area contributed by atoms with Gasteiger partial charge in [-0.2, -0.15) is 0 Å². The second-order valence-corrected chi connectivity index (χ2v) is 2.96. The van der Waals surface area contributed by atoms with Gasteiger partial charge in [0.2, 0.25) is 0 Å². The lowest BCUT2D eigenvalue weighted by atomic mass is 10.3. The number of para-hydroxylation sites is 1. The van der Waals surface area contributed by atoms with Crippen LogP contribution in [0.2, 0.25) is 0 Å². The Morgan fingerprint density at radius 2 is 1.88 bits per heavy atom. The van der Waals surface area contributed by atoms with Gasteiger partial charge >= 0.3 is 0 Å². The number of hydrogen-bond donors (Lipinski definition) is 0. The first-order valence-electron chi connectivity index (χ1n) is 5.64. The van der Waals surface area contributed by atoms with Crippen molar-refractivity contribution < 1.29 is 9.53 Å². The van der Waals surface area contributed by atoms with E-state index in [-0.39, 0.29) is 5.78 Å². The highest BCUT2D eigenvalue weighted by molar-refractivity contribution is 5.87. The molecule has 0 bridgehead atoms. The highest BCUT2D eigenvalue weighted by atomic mass is 16.5. The molecule has 0 aliphatic rings. The summed E-state index contributed by atoms with van der Waals surface area (Å²) in [6.07, 6.45) is 4.15. The van der Waals surface area contributed by atoms with Crippen molar-refractivity contribution in [3.8, 4) is 5.75 Å². The Bertz CT molecular complexity index is 302. The molecule has 0 saturated carbocycles. The van der Waals surface area contributed by atoms with Gasteiger partial charge in [0.1, 0.15) is 5.75 Å². The normalized spacial score (nSPS) is 9.44. The Balaban J connectivity index is 0.00000106. The third-order valence-corrected chi connectivity index (χ3v) is 1.65. The molecule has 88 valence electrons. The predicted octanol–water partition coefficient (Wildman–Crippen LogP) is 3.63. The summed E-state index contributed by atoms with van der Waals surface area (Å²) < 4.78 is 5.43. The predicted molar refractivity (Wildman–Crippen MR) is 67.7 cm³/mol. The summed E-state index contributed by atoms with van der Waals surface area (Å²) >= 11 is 0. The molecule has 0 aliphatic carbocycles. The van der Waals surface area contributed by atoms with Gasteiger partial charge in [0.05, 0.1) is 6.61 Å². The first kappa shape index (κ1) is 14.4. The van der Waals surface area contributed by atoms with E-state index in [1.54, 1.807) is 6.08 Å². The molecule has 0 amide bonds. The van der Waals surface area contributed by atoms with Gasteiger partial charge in [-0.05, 0) is 31.6 Å². The molecule has 2 nitrogen and oxygen atoms in total. The molecule has 0 aromatic heterocycles. The lowest BCUT2D eigenvalue weighted by molar-refractivity contribution is -0.112. The molecule has 0 saturated heterocycles. The van der Waals surface area contributed by atoms with Gasteiger partial charge < -0.3 is 4.74 Å². The fourth-order valence-corrected chi connectivity index (χ4v) is 1.01. The average Bonchev–Trinajstić information content (AvgIpc) is 2.32. The molecule has 0 atom stereocenters. The third-order valence-electron chi connectivity index (χ3n) is 1.65. The standard InChI is InChI=1S/C12H14O2.C2H6/c1-11(13)7-5-6-10-14-12-8-3-2-4-9-12;1-2/h2-5,7-9H,6,10H2,1H3;1-2H3/b7-5+;. The summed E-state index contributed by atoms with van der Waals surface area (Å²) in [5.74, 6) is 0.938. The number of ether oxygens (including phenoxy) is 1. The van der Waals surface area contributed by atoms with E-state index in [0.29, 0.717) is 6.61 Å². The fourth-order valence-electron chi connectivity index (χ4n) is 1.01. The first-order chi connectivity index (χ1) is 7.79. The van der Waals surface area contributed by atoms with Crippen molar-refractivity contribution in [2.45, 2.75) is 27.2 Å². The summed E-state index contributed by atoms with van der Waals surface area (Å²) in [4.78, 5) is 10.5. The van der Waals surface area contributed by atoms with Gasteiger partial charge in [-0.25, -0.2) is 0 Å². The lowest BCUT2D eigenvalue weighted by Gasteiger charge is -2.02. The Kier molecular flexibility index (Phi) is 8.99. The van der Waals surface area contributed by atoms with Crippen molar-refractivity contribution in [2.75, 3.05) is 6.61 Å². The van der Waals surface area contributed by atoms with Gasteiger partial charge in [0.25, 0.3) is 0 Å². The van der Waals surface area contributed by atoms with Crippen molar-refractivity contribution in [3.63, 3.8) is 0 Å². The van der Waals surface area contributed by atoms with Crippen LogP contribution < -0.4 is 4.74 Å². The van der Waals surface area contributed by atoms with Crippen LogP contribution in [0.4, 0.5) is 0 Å². The van der Waals surface area contributed by atoms with E-state index in [1.807, 2.05) is 50.3 Å². The van der Waals surface area contributed by atoms with Crippen LogP contribution in [0.3, 0.4) is 0 Å². The van der Waals surface area contributed by atoms with Gasteiger partial charge in [-0.1, -0.05) is 38.1 Å². The maximum absolute atomic E-state index is 10.5. The topological polar surface area (TPSA) is 26.3 Å². The van der Waals surface area contributed by atoms with Gasteiger partial charge in [-0.15, -0.1) is 0 Å². The molecule has 0 spiro atoms. The van der Waals surface area contributed by atoms with E-state index in [4.69, 9.17) is 4.74 Å². The number of benzene rings is 1. The van der Waals surface area contributed by atoms with E-state index in [9.17, 15) is 4.79 Å². The van der Waals surface area contributed by atoms with Gasteiger partial charge in [0.15, 0.2) is 5.78 Å². The van der Waals surface area contributed by atoms with Crippen LogP contribution in [-0.4, -0.2) is 12.4 Å². The van der Waals surface area contributed by atoms with Crippen LogP contribution in [0, 0.1) is 0 Å². The Labute approximate surface area is 97.9 Å². The molecular weight excluding hydrogens is 200 g/mol. The second-order valence-electron chi connectivity index (χ2n) is 2.96. The number of carbonyl (C=O) groups is 1. The number of rotatable bonds is 5. The number of carbonyl (C=O) groups excluding carboxylic acids is 1. The number of hydrogen-bond acceptors (Lipinski definition) is 2. The number of allylic oxidation sites excluding steroid dienone is 1. The van der Waals surface area contributed by atoms with Crippen molar-refractivity contribution in [1.82, 2.24) is 0 Å². The molecule has 0 heterocycles. The maximum Gasteiger partial charge on any atom is 0.152 e. The monoisotopic (exact) mass is 220 g/mol. The third kappa shape index (κ3) is 7.80. The van der Waals surface area contributed by atoms with E-state index >= 15 is 0 Å². The van der Waals surface area contributed by atoms with E-state index < -0.39 is 0 Å². The molecule has 0 radical (unpaired) electrons. The van der Waals surface area contributed by atoms with Crippen LogP contribution in [0.1, 0.15) is 27.2 Å². The van der Waals surface area contributed by atoms with Crippen LogP contribution in [0.5, 0.6) is 5.75 Å². The summed E-state index contributed by atoms with van der Waals surface area (Å²) in [5, 5.41) is 0. The Morgan fingerprint density at radius 1 is 1.25 bits per heavy atom. The van der Waals surface area contributed by atoms with Crippen molar-refractivity contribution in [2.24, 2.45) is 0 Å². The van der Waals surface area contributed by atoms with E-state index in [2.05, 4.69) is 0 Å². The summed E-state index contributed by atoms with van der Waals surface area (Å²) in [5.41, 5.74) is 0. The molecule has 2 heteroatoms. The quantitative estimate of drug-likeness (QED) is 0.559.